The summed E-state index contributed by atoms with van der Waals surface area (Å²) in [5.74, 6) is 0.672. The maximum Gasteiger partial charge on any atom is 0.241 e. The van der Waals surface area contributed by atoms with Crippen LogP contribution in [0, 0.1) is 0 Å². The Morgan fingerprint density at radius 1 is 1.06 bits per heavy atom. The molecule has 0 saturated heterocycles. The van der Waals surface area contributed by atoms with Crippen molar-refractivity contribution in [3.05, 3.63) is 77.1 Å². The van der Waals surface area contributed by atoms with Crippen molar-refractivity contribution in [3.8, 4) is 11.1 Å². The summed E-state index contributed by atoms with van der Waals surface area (Å²) in [5.41, 5.74) is 3.78. The van der Waals surface area contributed by atoms with E-state index in [4.69, 9.17) is 4.98 Å². The Kier molecular flexibility index (Phi) is 6.13. The first-order valence-electron chi connectivity index (χ1n) is 10.2. The zero-order valence-electron chi connectivity index (χ0n) is 18.2. The van der Waals surface area contributed by atoms with Gasteiger partial charge in [-0.1, -0.05) is 36.4 Å². The Hall–Kier alpha value is -2.65. The van der Waals surface area contributed by atoms with Crippen LogP contribution in [0.15, 0.2) is 65.0 Å². The number of hydrogen-bond acceptors (Lipinski definition) is 6. The van der Waals surface area contributed by atoms with Crippen molar-refractivity contribution < 1.29 is 13.5 Å². The molecule has 0 amide bonds. The molecule has 2 aromatic carbocycles. The summed E-state index contributed by atoms with van der Waals surface area (Å²) >= 11 is 1.53. The van der Waals surface area contributed by atoms with Crippen LogP contribution in [0.25, 0.3) is 21.3 Å². The Bertz CT molecular complexity index is 1370. The van der Waals surface area contributed by atoms with Crippen molar-refractivity contribution in [2.75, 3.05) is 0 Å². The summed E-state index contributed by atoms with van der Waals surface area (Å²) < 4.78 is 29.2. The summed E-state index contributed by atoms with van der Waals surface area (Å²) in [6.45, 7) is 5.44. The molecule has 0 atom stereocenters. The molecule has 0 fully saturated rings. The van der Waals surface area contributed by atoms with Crippen LogP contribution in [0.4, 0.5) is 0 Å². The molecule has 2 heterocycles. The van der Waals surface area contributed by atoms with E-state index < -0.39 is 15.6 Å². The Labute approximate surface area is 192 Å². The van der Waals surface area contributed by atoms with Crippen LogP contribution in [-0.2, 0) is 23.1 Å². The van der Waals surface area contributed by atoms with Gasteiger partial charge in [-0.3, -0.25) is 0 Å². The van der Waals surface area contributed by atoms with Gasteiger partial charge in [0.2, 0.25) is 10.0 Å². The van der Waals surface area contributed by atoms with Gasteiger partial charge in [0.1, 0.15) is 5.82 Å². The molecule has 4 aromatic rings. The molecular weight excluding hydrogens is 442 g/mol. The largest absolute Gasteiger partial charge is 0.392 e. The number of thiophene rings is 1. The van der Waals surface area contributed by atoms with Crippen LogP contribution in [0.3, 0.4) is 0 Å². The van der Waals surface area contributed by atoms with E-state index in [0.717, 1.165) is 32.5 Å². The highest BCUT2D eigenvalue weighted by Crippen LogP contribution is 2.33. The van der Waals surface area contributed by atoms with E-state index in [1.807, 2.05) is 62.7 Å². The van der Waals surface area contributed by atoms with Gasteiger partial charge < -0.3 is 5.11 Å². The summed E-state index contributed by atoms with van der Waals surface area (Å²) in [5, 5.41) is 11.4. The topological polar surface area (TPSA) is 92.2 Å². The van der Waals surface area contributed by atoms with Crippen molar-refractivity contribution >= 4 is 31.6 Å². The number of sulfonamides is 1. The van der Waals surface area contributed by atoms with Gasteiger partial charge in [-0.2, -0.15) is 0 Å². The molecule has 2 N–H and O–H groups in total. The van der Waals surface area contributed by atoms with Gasteiger partial charge in [-0.25, -0.2) is 23.1 Å². The number of rotatable bonds is 6. The number of aliphatic hydroxyl groups excluding tert-OH is 1. The number of aromatic nitrogens is 2. The van der Waals surface area contributed by atoms with Gasteiger partial charge in [0.15, 0.2) is 0 Å². The lowest BCUT2D eigenvalue weighted by Crippen LogP contribution is -2.40. The number of hydrogen-bond donors (Lipinski definition) is 2. The molecule has 4 rings (SSSR count). The van der Waals surface area contributed by atoms with Gasteiger partial charge in [0, 0.05) is 29.1 Å². The summed E-state index contributed by atoms with van der Waals surface area (Å²) in [6.07, 6.45) is 2.35. The molecule has 8 heteroatoms. The fourth-order valence-electron chi connectivity index (χ4n) is 3.47. The van der Waals surface area contributed by atoms with E-state index in [-0.39, 0.29) is 11.5 Å². The van der Waals surface area contributed by atoms with Crippen molar-refractivity contribution in [1.82, 2.24) is 14.7 Å². The second-order valence-corrected chi connectivity index (χ2v) is 11.3. The first-order chi connectivity index (χ1) is 15.1. The molecule has 32 heavy (non-hydrogen) atoms. The molecule has 0 aliphatic rings. The monoisotopic (exact) mass is 467 g/mol. The number of aliphatic hydroxyl groups is 1. The summed E-state index contributed by atoms with van der Waals surface area (Å²) in [4.78, 5) is 9.50. The minimum Gasteiger partial charge on any atom is -0.392 e. The third-order valence-corrected chi connectivity index (χ3v) is 7.46. The summed E-state index contributed by atoms with van der Waals surface area (Å²) in [6, 6.07) is 14.6. The smallest absolute Gasteiger partial charge is 0.241 e. The number of nitrogens with zero attached hydrogens (tertiary/aromatic N) is 2. The minimum absolute atomic E-state index is 0.00820. The van der Waals surface area contributed by atoms with E-state index in [1.165, 1.54) is 11.3 Å². The SMILES string of the molecule is CC(C)(C)NS(=O)(=O)c1cccc(-c2csc3cnc(Cc4cccc(CO)c4)nc23)c1. The first kappa shape index (κ1) is 22.5. The zero-order valence-corrected chi connectivity index (χ0v) is 19.8. The van der Waals surface area contributed by atoms with E-state index in [9.17, 15) is 13.5 Å². The first-order valence-corrected chi connectivity index (χ1v) is 12.6. The van der Waals surface area contributed by atoms with Crippen molar-refractivity contribution in [2.45, 2.75) is 44.2 Å². The maximum atomic E-state index is 12.8. The fraction of sp³-hybridized carbons (Fsp3) is 0.250. The normalized spacial score (nSPS) is 12.4. The molecule has 0 bridgehead atoms. The van der Waals surface area contributed by atoms with Crippen molar-refractivity contribution in [2.24, 2.45) is 0 Å². The van der Waals surface area contributed by atoms with Crippen LogP contribution >= 0.6 is 11.3 Å². The van der Waals surface area contributed by atoms with Crippen molar-refractivity contribution in [3.63, 3.8) is 0 Å². The number of fused-ring (bicyclic) bond motifs is 1. The highest BCUT2D eigenvalue weighted by molar-refractivity contribution is 7.89. The van der Waals surface area contributed by atoms with Gasteiger partial charge in [-0.15, -0.1) is 11.3 Å². The molecule has 0 saturated carbocycles. The standard InChI is InChI=1S/C24H25N3O3S2/c1-24(2,3)27-32(29,30)19-9-5-8-18(12-19)20-15-31-21-13-25-22(26-23(20)21)11-16-6-4-7-17(10-16)14-28/h4-10,12-13,15,27-28H,11,14H2,1-3H3. The van der Waals surface area contributed by atoms with E-state index in [2.05, 4.69) is 9.71 Å². The molecule has 0 radical (unpaired) electrons. The van der Waals surface area contributed by atoms with Gasteiger partial charge in [0.05, 0.1) is 21.7 Å². The molecule has 0 spiro atoms. The maximum absolute atomic E-state index is 12.8. The molecule has 2 aromatic heterocycles. The second-order valence-electron chi connectivity index (χ2n) is 8.69. The van der Waals surface area contributed by atoms with E-state index in [1.54, 1.807) is 18.2 Å². The second kappa shape index (κ2) is 8.71. The zero-order chi connectivity index (χ0) is 22.9. The van der Waals surface area contributed by atoms with Crippen LogP contribution in [0.1, 0.15) is 37.7 Å². The highest BCUT2D eigenvalue weighted by Gasteiger charge is 2.22. The Morgan fingerprint density at radius 3 is 2.56 bits per heavy atom. The van der Waals surface area contributed by atoms with Gasteiger partial charge in [0.25, 0.3) is 0 Å². The van der Waals surface area contributed by atoms with Gasteiger partial charge >= 0.3 is 0 Å². The quantitative estimate of drug-likeness (QED) is 0.435. The Morgan fingerprint density at radius 2 is 1.81 bits per heavy atom. The molecule has 0 aliphatic carbocycles. The lowest BCUT2D eigenvalue weighted by Gasteiger charge is -2.20. The number of nitrogens with one attached hydrogen (secondary N) is 1. The average molecular weight is 468 g/mol. The molecule has 166 valence electrons. The molecule has 0 unspecified atom stereocenters. The number of benzene rings is 2. The van der Waals surface area contributed by atoms with Gasteiger partial charge in [-0.05, 0) is 49.6 Å². The van der Waals surface area contributed by atoms with Crippen LogP contribution in [0.5, 0.6) is 0 Å². The van der Waals surface area contributed by atoms with Crippen LogP contribution < -0.4 is 4.72 Å². The van der Waals surface area contributed by atoms with E-state index in [0.29, 0.717) is 12.2 Å². The summed E-state index contributed by atoms with van der Waals surface area (Å²) in [7, 11) is -3.64. The minimum atomic E-state index is -3.64. The van der Waals surface area contributed by atoms with Crippen molar-refractivity contribution in [1.29, 1.82) is 0 Å². The average Bonchev–Trinajstić information content (AvgIpc) is 3.15. The van der Waals surface area contributed by atoms with Crippen LogP contribution in [-0.4, -0.2) is 29.0 Å². The highest BCUT2D eigenvalue weighted by atomic mass is 32.2. The fourth-order valence-corrected chi connectivity index (χ4v) is 5.81. The van der Waals surface area contributed by atoms with Crippen LogP contribution in [0.2, 0.25) is 0 Å². The predicted octanol–water partition coefficient (Wildman–Crippen LogP) is 4.52. The van der Waals surface area contributed by atoms with E-state index >= 15 is 0 Å². The molecule has 0 aliphatic heterocycles. The lowest BCUT2D eigenvalue weighted by atomic mass is 10.1. The molecule has 6 nitrogen and oxygen atoms in total. The third-order valence-electron chi connectivity index (χ3n) is 4.80. The predicted molar refractivity (Wildman–Crippen MR) is 128 cm³/mol. The molecular formula is C24H25N3O3S2. The third kappa shape index (κ3) is 5.05. The lowest BCUT2D eigenvalue weighted by molar-refractivity contribution is 0.281. The Balaban J connectivity index is 1.70.